The van der Waals surface area contributed by atoms with E-state index in [1.165, 1.54) is 49.3 Å². The highest BCUT2D eigenvalue weighted by Gasteiger charge is 2.49. The van der Waals surface area contributed by atoms with Crippen LogP contribution in [0.5, 0.6) is 5.75 Å². The maximum atomic E-state index is 13.3. The fourth-order valence-electron chi connectivity index (χ4n) is 10.3. The van der Waals surface area contributed by atoms with Crippen LogP contribution in [0.15, 0.2) is 123 Å². The van der Waals surface area contributed by atoms with Gasteiger partial charge in [0.25, 0.3) is 5.91 Å². The summed E-state index contributed by atoms with van der Waals surface area (Å²) < 4.78 is 19.2. The maximum absolute atomic E-state index is 13.3. The fraction of sp³-hybridized carbons (Fsp3) is 0.298. The molecule has 4 aromatic carbocycles. The number of nitrogens with zero attached hydrogens (tertiary/aromatic N) is 1. The SMILES string of the molecule is O=C(Nc1cc[n+](CCCOc2c3occc3cc3ccc(=O)oc23)cc1)c1ccc2cc(-c3ccc(CO)c(C4C5CC6CC(C5)CC4C6)c3)ccc2c1.[Br-]. The Kier molecular flexibility index (Phi) is 9.75. The van der Waals surface area contributed by atoms with Crippen molar-refractivity contribution >= 4 is 44.3 Å². The number of nitrogens with one attached hydrogen (secondary N) is 1. The number of aryl methyl sites for hydroxylation is 1. The average Bonchev–Trinajstić information content (AvgIpc) is 3.67. The number of furan rings is 1. The molecule has 9 heteroatoms. The minimum atomic E-state index is -0.442. The van der Waals surface area contributed by atoms with E-state index in [0.29, 0.717) is 53.7 Å². The topological polar surface area (TPSA) is 106 Å². The molecule has 0 saturated heterocycles. The Hall–Kier alpha value is -5.25. The molecule has 7 aromatic rings. The number of carbonyl (C=O) groups is 1. The third kappa shape index (κ3) is 6.81. The number of carbonyl (C=O) groups excluding carboxylic acids is 1. The van der Waals surface area contributed by atoms with Gasteiger partial charge in [-0.15, -0.1) is 0 Å². The number of pyridine rings is 1. The lowest BCUT2D eigenvalue weighted by Gasteiger charge is -2.55. The van der Waals surface area contributed by atoms with Crippen LogP contribution in [0.25, 0.3) is 43.8 Å². The van der Waals surface area contributed by atoms with Crippen LogP contribution in [0.3, 0.4) is 0 Å². The quantitative estimate of drug-likeness (QED) is 0.0942. The number of aliphatic hydroxyl groups excluding tert-OH is 1. The Bertz CT molecular complexity index is 2620. The van der Waals surface area contributed by atoms with E-state index in [0.717, 1.165) is 56.3 Å². The van der Waals surface area contributed by atoms with E-state index in [1.54, 1.807) is 12.3 Å². The molecule has 4 aliphatic carbocycles. The molecule has 0 spiro atoms. The second-order valence-electron chi connectivity index (χ2n) is 16.0. The van der Waals surface area contributed by atoms with Crippen molar-refractivity contribution in [1.82, 2.24) is 0 Å². The summed E-state index contributed by atoms with van der Waals surface area (Å²) in [6.07, 6.45) is 13.0. The van der Waals surface area contributed by atoms with Gasteiger partial charge in [0.1, 0.15) is 0 Å². The molecule has 0 atom stereocenters. The van der Waals surface area contributed by atoms with E-state index in [1.807, 2.05) is 59.4 Å². The van der Waals surface area contributed by atoms with Gasteiger partial charge in [-0.25, -0.2) is 9.36 Å². The van der Waals surface area contributed by atoms with Gasteiger partial charge in [0.05, 0.1) is 25.2 Å². The molecule has 2 N–H and O–H groups in total. The summed E-state index contributed by atoms with van der Waals surface area (Å²) in [6, 6.07) is 29.6. The van der Waals surface area contributed by atoms with Crippen LogP contribution in [-0.2, 0) is 13.2 Å². The fourth-order valence-corrected chi connectivity index (χ4v) is 10.3. The number of hydrogen-bond donors (Lipinski definition) is 2. The number of halogens is 1. The monoisotopic (exact) mass is 810 g/mol. The number of aromatic nitrogens is 1. The van der Waals surface area contributed by atoms with E-state index < -0.39 is 5.63 Å². The van der Waals surface area contributed by atoms with E-state index >= 15 is 0 Å². The van der Waals surface area contributed by atoms with E-state index in [4.69, 9.17) is 13.6 Å². The zero-order valence-corrected chi connectivity index (χ0v) is 32.5. The summed E-state index contributed by atoms with van der Waals surface area (Å²) in [5.41, 5.74) is 6.59. The predicted octanol–water partition coefficient (Wildman–Crippen LogP) is 6.40. The molecular formula is C47H43BrN2O6. The molecule has 4 fully saturated rings. The first-order valence-corrected chi connectivity index (χ1v) is 19.6. The highest BCUT2D eigenvalue weighted by molar-refractivity contribution is 6.06. The summed E-state index contributed by atoms with van der Waals surface area (Å²) in [7, 11) is 0. The van der Waals surface area contributed by atoms with E-state index in [9.17, 15) is 14.7 Å². The first-order valence-electron chi connectivity index (χ1n) is 19.6. The standard InChI is InChI=1S/C47H42N2O6.BrH/c50-27-37-7-5-33(26-41(37)43-38-19-28-18-29(21-38)22-39(43)20-28)31-2-3-32-24-36(6-4-30(32)23-31)47(52)48-40-10-14-49(15-11-40)13-1-16-53-46-44-35(12-17-54-44)25-34-8-9-42(51)55-45(34)46;/h2-12,14-15,17,23-26,28-29,38-39,43,50H,1,13,16,18-22,27H2;1H. The van der Waals surface area contributed by atoms with E-state index in [-0.39, 0.29) is 29.5 Å². The third-order valence-corrected chi connectivity index (χ3v) is 12.6. The number of ether oxygens (including phenoxy) is 1. The first-order chi connectivity index (χ1) is 27.0. The van der Waals surface area contributed by atoms with Gasteiger partial charge in [-0.05, 0) is 131 Å². The van der Waals surface area contributed by atoms with Crippen LogP contribution in [0.2, 0.25) is 0 Å². The average molecular weight is 812 g/mol. The lowest BCUT2D eigenvalue weighted by atomic mass is 9.50. The van der Waals surface area contributed by atoms with Gasteiger partial charge in [0.2, 0.25) is 5.75 Å². The molecule has 8 nitrogen and oxygen atoms in total. The number of amides is 1. The Morgan fingerprint density at radius 1 is 0.768 bits per heavy atom. The summed E-state index contributed by atoms with van der Waals surface area (Å²) in [5, 5.41) is 17.1. The Labute approximate surface area is 334 Å². The van der Waals surface area contributed by atoms with Crippen molar-refractivity contribution in [2.75, 3.05) is 11.9 Å². The highest BCUT2D eigenvalue weighted by atomic mass is 79.9. The number of hydrogen-bond acceptors (Lipinski definition) is 6. The van der Waals surface area contributed by atoms with Gasteiger partial charge in [0, 0.05) is 41.0 Å². The molecule has 4 bridgehead atoms. The normalized spacial score (nSPS) is 21.1. The van der Waals surface area contributed by atoms with Gasteiger partial charge in [-0.2, -0.15) is 0 Å². The number of fused-ring (bicyclic) bond motifs is 3. The molecule has 0 aliphatic heterocycles. The second-order valence-corrected chi connectivity index (χ2v) is 16.0. The van der Waals surface area contributed by atoms with Crippen LogP contribution < -0.4 is 37.2 Å². The van der Waals surface area contributed by atoms with Crippen LogP contribution in [0, 0.1) is 23.7 Å². The van der Waals surface area contributed by atoms with Crippen LogP contribution in [-0.4, -0.2) is 17.6 Å². The molecule has 3 aromatic heterocycles. The minimum absolute atomic E-state index is 0. The number of aliphatic hydroxyl groups is 1. The van der Waals surface area contributed by atoms with Gasteiger partial charge in [0.15, 0.2) is 30.1 Å². The third-order valence-electron chi connectivity index (χ3n) is 12.6. The molecular weight excluding hydrogens is 768 g/mol. The smallest absolute Gasteiger partial charge is 0.336 e. The Balaban J connectivity index is 0.00000410. The van der Waals surface area contributed by atoms with Gasteiger partial charge in [-0.1, -0.05) is 36.4 Å². The zero-order valence-electron chi connectivity index (χ0n) is 31.0. The van der Waals surface area contributed by atoms with Crippen molar-refractivity contribution in [3.63, 3.8) is 0 Å². The van der Waals surface area contributed by atoms with Crippen molar-refractivity contribution in [2.24, 2.45) is 23.7 Å². The summed E-state index contributed by atoms with van der Waals surface area (Å²) in [6.45, 7) is 1.17. The Morgan fingerprint density at radius 3 is 2.25 bits per heavy atom. The molecule has 11 rings (SSSR count). The number of anilines is 1. The summed E-state index contributed by atoms with van der Waals surface area (Å²) in [5.74, 6) is 4.18. The maximum Gasteiger partial charge on any atom is 0.336 e. The molecule has 3 heterocycles. The lowest BCUT2D eigenvalue weighted by Crippen LogP contribution is -3.00. The van der Waals surface area contributed by atoms with Gasteiger partial charge < -0.3 is 41.0 Å². The van der Waals surface area contributed by atoms with Crippen LogP contribution in [0.1, 0.15) is 65.9 Å². The molecule has 1 amide bonds. The summed E-state index contributed by atoms with van der Waals surface area (Å²) in [4.78, 5) is 25.2. The number of benzene rings is 4. The predicted molar refractivity (Wildman–Crippen MR) is 212 cm³/mol. The summed E-state index contributed by atoms with van der Waals surface area (Å²) >= 11 is 0. The zero-order chi connectivity index (χ0) is 37.0. The lowest BCUT2D eigenvalue weighted by molar-refractivity contribution is -0.697. The molecule has 284 valence electrons. The molecule has 0 unspecified atom stereocenters. The van der Waals surface area contributed by atoms with Gasteiger partial charge >= 0.3 is 5.63 Å². The second kappa shape index (κ2) is 15.0. The van der Waals surface area contributed by atoms with Crippen molar-refractivity contribution in [3.8, 4) is 16.9 Å². The van der Waals surface area contributed by atoms with Crippen molar-refractivity contribution in [1.29, 1.82) is 0 Å². The van der Waals surface area contributed by atoms with Crippen molar-refractivity contribution < 1.29 is 45.0 Å². The minimum Gasteiger partial charge on any atom is -1.00 e. The molecule has 4 saturated carbocycles. The first kappa shape index (κ1) is 36.4. The molecule has 56 heavy (non-hydrogen) atoms. The van der Waals surface area contributed by atoms with Crippen molar-refractivity contribution in [2.45, 2.75) is 57.6 Å². The molecule has 4 aliphatic rings. The van der Waals surface area contributed by atoms with Crippen LogP contribution >= 0.6 is 0 Å². The Morgan fingerprint density at radius 2 is 1.46 bits per heavy atom. The van der Waals surface area contributed by atoms with Gasteiger partial charge in [-0.3, -0.25) is 4.79 Å². The largest absolute Gasteiger partial charge is 1.00 e. The van der Waals surface area contributed by atoms with Crippen molar-refractivity contribution in [3.05, 3.63) is 137 Å². The highest BCUT2D eigenvalue weighted by Crippen LogP contribution is 2.60. The van der Waals surface area contributed by atoms with Crippen LogP contribution in [0.4, 0.5) is 5.69 Å². The molecule has 0 radical (unpaired) electrons. The number of rotatable bonds is 10. The van der Waals surface area contributed by atoms with E-state index in [2.05, 4.69) is 41.7 Å².